The summed E-state index contributed by atoms with van der Waals surface area (Å²) in [6, 6.07) is 30.1. The lowest BCUT2D eigenvalue weighted by atomic mass is 10.0. The van der Waals surface area contributed by atoms with Gasteiger partial charge in [0.25, 0.3) is 10.0 Å². The Kier molecular flexibility index (Phi) is 10.5. The van der Waals surface area contributed by atoms with Crippen molar-refractivity contribution in [3.05, 3.63) is 131 Å². The van der Waals surface area contributed by atoms with E-state index in [2.05, 4.69) is 5.32 Å². The second-order valence-electron chi connectivity index (χ2n) is 12.6. The van der Waals surface area contributed by atoms with Crippen LogP contribution in [0.25, 0.3) is 0 Å². The minimum absolute atomic E-state index is 0.0840. The van der Waals surface area contributed by atoms with Gasteiger partial charge in [0.15, 0.2) is 0 Å². The molecule has 0 fully saturated rings. The topological polar surface area (TPSA) is 86.8 Å². The zero-order chi connectivity index (χ0) is 32.8. The van der Waals surface area contributed by atoms with E-state index in [-0.39, 0.29) is 23.8 Å². The number of aryl methyl sites for hydroxylation is 3. The summed E-state index contributed by atoms with van der Waals surface area (Å²) in [5.41, 5.74) is 4.22. The molecule has 1 atom stereocenters. The molecule has 4 aromatic carbocycles. The fourth-order valence-corrected chi connectivity index (χ4v) is 6.69. The highest BCUT2D eigenvalue weighted by Crippen LogP contribution is 2.28. The summed E-state index contributed by atoms with van der Waals surface area (Å²) >= 11 is 0. The maximum atomic E-state index is 14.6. The van der Waals surface area contributed by atoms with Gasteiger partial charge >= 0.3 is 0 Å². The number of nitrogens with one attached hydrogen (secondary N) is 1. The van der Waals surface area contributed by atoms with Crippen molar-refractivity contribution in [3.63, 3.8) is 0 Å². The van der Waals surface area contributed by atoms with Crippen molar-refractivity contribution in [2.45, 2.75) is 71.0 Å². The molecule has 8 heteroatoms. The number of hydrogen-bond donors (Lipinski definition) is 1. The minimum atomic E-state index is -4.15. The van der Waals surface area contributed by atoms with Gasteiger partial charge in [0, 0.05) is 18.5 Å². The van der Waals surface area contributed by atoms with Crippen LogP contribution in [-0.2, 0) is 32.6 Å². The number of benzene rings is 4. The van der Waals surface area contributed by atoms with E-state index in [0.717, 1.165) is 22.3 Å². The fourth-order valence-electron chi connectivity index (χ4n) is 5.21. The molecule has 4 aromatic rings. The molecule has 0 radical (unpaired) electrons. The maximum absolute atomic E-state index is 14.6. The van der Waals surface area contributed by atoms with Crippen molar-refractivity contribution in [1.82, 2.24) is 10.2 Å². The Morgan fingerprint density at radius 1 is 0.756 bits per heavy atom. The Labute approximate surface area is 268 Å². The van der Waals surface area contributed by atoms with Crippen LogP contribution in [0.4, 0.5) is 5.69 Å². The largest absolute Gasteiger partial charge is 0.350 e. The molecule has 0 saturated carbocycles. The van der Waals surface area contributed by atoms with Gasteiger partial charge in [-0.15, -0.1) is 0 Å². The van der Waals surface area contributed by atoms with Gasteiger partial charge in [-0.25, -0.2) is 8.42 Å². The third-order valence-electron chi connectivity index (χ3n) is 7.48. The van der Waals surface area contributed by atoms with Crippen LogP contribution in [-0.4, -0.2) is 43.3 Å². The Morgan fingerprint density at radius 3 is 2.00 bits per heavy atom. The molecule has 2 amide bonds. The van der Waals surface area contributed by atoms with Crippen molar-refractivity contribution in [1.29, 1.82) is 0 Å². The lowest BCUT2D eigenvalue weighted by molar-refractivity contribution is -0.140. The number of amides is 2. The highest BCUT2D eigenvalue weighted by atomic mass is 32.2. The van der Waals surface area contributed by atoms with Gasteiger partial charge < -0.3 is 10.2 Å². The second-order valence-corrected chi connectivity index (χ2v) is 14.4. The summed E-state index contributed by atoms with van der Waals surface area (Å²) < 4.78 is 29.6. The standard InChI is InChI=1S/C37H43N3O4S/c1-27-19-21-32(22-20-27)45(43,44)40(33-18-11-10-14-29(33)3)26-35(41)39(25-31-17-12-13-28(2)23-31)34(36(42)38-37(4,5)6)24-30-15-8-7-9-16-30/h7-23,34H,24-26H2,1-6H3,(H,38,42)/t34-/m1/s1. The summed E-state index contributed by atoms with van der Waals surface area (Å²) in [5, 5.41) is 3.06. The number of carbonyl (C=O) groups excluding carboxylic acids is 2. The highest BCUT2D eigenvalue weighted by molar-refractivity contribution is 7.92. The molecule has 0 bridgehead atoms. The number of nitrogens with zero attached hydrogens (tertiary/aromatic N) is 2. The predicted molar refractivity (Wildman–Crippen MR) is 180 cm³/mol. The average Bonchev–Trinajstić information content (AvgIpc) is 2.98. The summed E-state index contributed by atoms with van der Waals surface area (Å²) in [7, 11) is -4.15. The van der Waals surface area contributed by atoms with Crippen LogP contribution >= 0.6 is 0 Å². The van der Waals surface area contributed by atoms with E-state index in [1.165, 1.54) is 9.21 Å². The molecule has 0 aliphatic rings. The van der Waals surface area contributed by atoms with Gasteiger partial charge in [0.05, 0.1) is 10.6 Å². The Hall–Kier alpha value is -4.43. The zero-order valence-electron chi connectivity index (χ0n) is 26.9. The fraction of sp³-hybridized carbons (Fsp3) is 0.297. The van der Waals surface area contributed by atoms with Gasteiger partial charge in [-0.05, 0) is 76.4 Å². The molecule has 0 heterocycles. The first-order valence-corrected chi connectivity index (χ1v) is 16.5. The number of carbonyl (C=O) groups is 2. The Morgan fingerprint density at radius 2 is 1.38 bits per heavy atom. The molecule has 4 rings (SSSR count). The highest BCUT2D eigenvalue weighted by Gasteiger charge is 2.36. The van der Waals surface area contributed by atoms with Gasteiger partial charge in [-0.1, -0.05) is 96.1 Å². The summed E-state index contributed by atoms with van der Waals surface area (Å²) in [5.74, 6) is -0.795. The quantitative estimate of drug-likeness (QED) is 0.210. The van der Waals surface area contributed by atoms with E-state index < -0.39 is 34.1 Å². The SMILES string of the molecule is Cc1ccc(S(=O)(=O)N(CC(=O)N(Cc2cccc(C)c2)[C@H](Cc2ccccc2)C(=O)NC(C)(C)C)c2ccccc2C)cc1. The molecule has 45 heavy (non-hydrogen) atoms. The van der Waals surface area contributed by atoms with Gasteiger partial charge in [-0.2, -0.15) is 0 Å². The van der Waals surface area contributed by atoms with Crippen LogP contribution in [0.15, 0.2) is 108 Å². The number of sulfonamides is 1. The number of anilines is 1. The minimum Gasteiger partial charge on any atom is -0.350 e. The molecule has 0 unspecified atom stereocenters. The van der Waals surface area contributed by atoms with E-state index in [1.54, 1.807) is 36.4 Å². The molecule has 236 valence electrons. The van der Waals surface area contributed by atoms with Crippen LogP contribution in [0.1, 0.15) is 48.6 Å². The van der Waals surface area contributed by atoms with Gasteiger partial charge in [-0.3, -0.25) is 13.9 Å². The first-order valence-electron chi connectivity index (χ1n) is 15.1. The number of hydrogen-bond acceptors (Lipinski definition) is 4. The van der Waals surface area contributed by atoms with E-state index in [1.807, 2.05) is 108 Å². The Bertz CT molecular complexity index is 1730. The van der Waals surface area contributed by atoms with Crippen molar-refractivity contribution in [3.8, 4) is 0 Å². The second kappa shape index (κ2) is 14.1. The van der Waals surface area contributed by atoms with E-state index >= 15 is 0 Å². The van der Waals surface area contributed by atoms with Crippen molar-refractivity contribution in [2.24, 2.45) is 0 Å². The van der Waals surface area contributed by atoms with Crippen LogP contribution in [0.2, 0.25) is 0 Å². The average molecular weight is 626 g/mol. The molecular formula is C37H43N3O4S. The number of rotatable bonds is 11. The Balaban J connectivity index is 1.83. The monoisotopic (exact) mass is 625 g/mol. The third kappa shape index (κ3) is 8.82. The van der Waals surface area contributed by atoms with E-state index in [0.29, 0.717) is 11.3 Å². The van der Waals surface area contributed by atoms with Crippen molar-refractivity contribution < 1.29 is 18.0 Å². The lowest BCUT2D eigenvalue weighted by Crippen LogP contribution is -2.56. The molecule has 0 saturated heterocycles. The van der Waals surface area contributed by atoms with E-state index in [9.17, 15) is 18.0 Å². The lowest BCUT2D eigenvalue weighted by Gasteiger charge is -2.35. The maximum Gasteiger partial charge on any atom is 0.264 e. The summed E-state index contributed by atoms with van der Waals surface area (Å²) in [6.07, 6.45) is 0.259. The van der Waals surface area contributed by atoms with Crippen LogP contribution in [0, 0.1) is 20.8 Å². The van der Waals surface area contributed by atoms with E-state index in [4.69, 9.17) is 0 Å². The van der Waals surface area contributed by atoms with Crippen molar-refractivity contribution >= 4 is 27.5 Å². The van der Waals surface area contributed by atoms with Crippen molar-refractivity contribution in [2.75, 3.05) is 10.8 Å². The van der Waals surface area contributed by atoms with Crippen LogP contribution in [0.5, 0.6) is 0 Å². The first kappa shape index (κ1) is 33.5. The normalized spacial score (nSPS) is 12.3. The van der Waals surface area contributed by atoms with Crippen LogP contribution < -0.4 is 9.62 Å². The molecular weight excluding hydrogens is 582 g/mol. The molecule has 0 spiro atoms. The smallest absolute Gasteiger partial charge is 0.264 e. The molecule has 0 aliphatic heterocycles. The van der Waals surface area contributed by atoms with Gasteiger partial charge in [0.2, 0.25) is 11.8 Å². The number of para-hydroxylation sites is 1. The summed E-state index contributed by atoms with van der Waals surface area (Å²) in [4.78, 5) is 30.2. The van der Waals surface area contributed by atoms with Crippen LogP contribution in [0.3, 0.4) is 0 Å². The molecule has 1 N–H and O–H groups in total. The third-order valence-corrected chi connectivity index (χ3v) is 9.25. The first-order chi connectivity index (χ1) is 21.2. The predicted octanol–water partition coefficient (Wildman–Crippen LogP) is 6.36. The molecule has 7 nitrogen and oxygen atoms in total. The molecule has 0 aromatic heterocycles. The zero-order valence-corrected chi connectivity index (χ0v) is 27.8. The summed E-state index contributed by atoms with van der Waals surface area (Å²) in [6.45, 7) is 11.0. The van der Waals surface area contributed by atoms with Gasteiger partial charge in [0.1, 0.15) is 12.6 Å². The molecule has 0 aliphatic carbocycles.